The summed E-state index contributed by atoms with van der Waals surface area (Å²) in [4.78, 5) is 0. The first-order valence-corrected chi connectivity index (χ1v) is 2.81. The number of nitrogens with two attached hydrogens (primary N) is 1. The lowest BCUT2D eigenvalue weighted by Crippen LogP contribution is -1.91. The molecule has 0 amide bonds. The molecule has 1 heteroatoms. The molecule has 0 fully saturated rings. The molecule has 0 rings (SSSR count). The van der Waals surface area contributed by atoms with Crippen LogP contribution in [0.25, 0.3) is 0 Å². The van der Waals surface area contributed by atoms with Gasteiger partial charge >= 0.3 is 0 Å². The summed E-state index contributed by atoms with van der Waals surface area (Å²) < 4.78 is 0. The van der Waals surface area contributed by atoms with Crippen LogP contribution >= 0.6 is 0 Å². The Morgan fingerprint density at radius 1 is 1.78 bits per heavy atom. The summed E-state index contributed by atoms with van der Waals surface area (Å²) in [5.41, 5.74) is 6.10. The zero-order valence-electron chi connectivity index (χ0n) is 5.59. The van der Waals surface area contributed by atoms with Crippen molar-refractivity contribution in [1.29, 1.82) is 0 Å². The third-order valence-electron chi connectivity index (χ3n) is 0.846. The summed E-state index contributed by atoms with van der Waals surface area (Å²) in [6, 6.07) is 0. The fourth-order valence-electron chi connectivity index (χ4n) is 0.339. The standard InChI is InChI=1S/C8H11N/c1-3-8(2)6-4-5-7-9/h1,4-6H,7,9H2,2H3/b5-4-,8-6+. The average molecular weight is 121 g/mol. The predicted molar refractivity (Wildman–Crippen MR) is 40.8 cm³/mol. The van der Waals surface area contributed by atoms with E-state index < -0.39 is 0 Å². The Labute approximate surface area is 56.3 Å². The molecule has 0 aliphatic rings. The van der Waals surface area contributed by atoms with Crippen molar-refractivity contribution in [3.05, 3.63) is 23.8 Å². The van der Waals surface area contributed by atoms with Crippen molar-refractivity contribution in [3.8, 4) is 12.3 Å². The quantitative estimate of drug-likeness (QED) is 0.429. The van der Waals surface area contributed by atoms with Crippen LogP contribution < -0.4 is 5.73 Å². The summed E-state index contributed by atoms with van der Waals surface area (Å²) in [5, 5.41) is 0. The molecule has 0 atom stereocenters. The number of allylic oxidation sites excluding steroid dienone is 3. The van der Waals surface area contributed by atoms with Crippen molar-refractivity contribution in [2.24, 2.45) is 5.73 Å². The minimum Gasteiger partial charge on any atom is -0.327 e. The van der Waals surface area contributed by atoms with Gasteiger partial charge in [-0.25, -0.2) is 0 Å². The van der Waals surface area contributed by atoms with Gasteiger partial charge in [-0.05, 0) is 12.5 Å². The monoisotopic (exact) mass is 121 g/mol. The van der Waals surface area contributed by atoms with Gasteiger partial charge in [0.05, 0.1) is 0 Å². The van der Waals surface area contributed by atoms with Gasteiger partial charge in [0.15, 0.2) is 0 Å². The van der Waals surface area contributed by atoms with E-state index in [0.29, 0.717) is 6.54 Å². The van der Waals surface area contributed by atoms with Crippen LogP contribution in [0.5, 0.6) is 0 Å². The topological polar surface area (TPSA) is 26.0 Å². The molecular weight excluding hydrogens is 110 g/mol. The van der Waals surface area contributed by atoms with Crippen LogP contribution in [0.3, 0.4) is 0 Å². The molecule has 0 spiro atoms. The van der Waals surface area contributed by atoms with Crippen molar-refractivity contribution in [2.75, 3.05) is 6.54 Å². The van der Waals surface area contributed by atoms with Gasteiger partial charge in [-0.1, -0.05) is 24.1 Å². The molecule has 0 radical (unpaired) electrons. The van der Waals surface area contributed by atoms with Gasteiger partial charge in [0.25, 0.3) is 0 Å². The number of hydrogen-bond donors (Lipinski definition) is 1. The molecule has 0 aromatic heterocycles. The lowest BCUT2D eigenvalue weighted by molar-refractivity contribution is 1.25. The van der Waals surface area contributed by atoms with Gasteiger partial charge in [-0.3, -0.25) is 0 Å². The summed E-state index contributed by atoms with van der Waals surface area (Å²) >= 11 is 0. The highest BCUT2D eigenvalue weighted by atomic mass is 14.5. The molecule has 9 heavy (non-hydrogen) atoms. The molecule has 0 saturated carbocycles. The highest BCUT2D eigenvalue weighted by Gasteiger charge is 1.72. The second kappa shape index (κ2) is 5.14. The van der Waals surface area contributed by atoms with E-state index in [1.54, 1.807) is 0 Å². The van der Waals surface area contributed by atoms with Gasteiger partial charge < -0.3 is 5.73 Å². The van der Waals surface area contributed by atoms with E-state index in [1.807, 2.05) is 25.2 Å². The molecule has 0 saturated heterocycles. The lowest BCUT2D eigenvalue weighted by atomic mass is 10.3. The second-order valence-electron chi connectivity index (χ2n) is 1.66. The molecule has 48 valence electrons. The zero-order valence-corrected chi connectivity index (χ0v) is 5.59. The number of hydrogen-bond acceptors (Lipinski definition) is 1. The molecular formula is C8H11N. The van der Waals surface area contributed by atoms with E-state index >= 15 is 0 Å². The average Bonchev–Trinajstić information content (AvgIpc) is 1.89. The predicted octanol–water partition coefficient (Wildman–Crippen LogP) is 1.08. The number of terminal acetylenes is 1. The third kappa shape index (κ3) is 4.86. The Balaban J connectivity index is 3.72. The molecule has 1 nitrogen and oxygen atoms in total. The summed E-state index contributed by atoms with van der Waals surface area (Å²) in [6.07, 6.45) is 10.6. The minimum atomic E-state index is 0.564. The number of rotatable bonds is 2. The van der Waals surface area contributed by atoms with E-state index in [1.165, 1.54) is 0 Å². The molecule has 0 aliphatic heterocycles. The van der Waals surface area contributed by atoms with Crippen LogP contribution in [0.1, 0.15) is 6.92 Å². The van der Waals surface area contributed by atoms with Crippen LogP contribution in [-0.4, -0.2) is 6.54 Å². The molecule has 0 aromatic rings. The first-order chi connectivity index (χ1) is 4.31. The second-order valence-corrected chi connectivity index (χ2v) is 1.66. The Hall–Kier alpha value is -1.00. The molecule has 0 heterocycles. The van der Waals surface area contributed by atoms with Crippen LogP contribution in [0.2, 0.25) is 0 Å². The maximum Gasteiger partial charge on any atom is 0.0109 e. The molecule has 2 N–H and O–H groups in total. The summed E-state index contributed by atoms with van der Waals surface area (Å²) in [7, 11) is 0. The van der Waals surface area contributed by atoms with Crippen molar-refractivity contribution >= 4 is 0 Å². The fraction of sp³-hybridized carbons (Fsp3) is 0.250. The van der Waals surface area contributed by atoms with E-state index in [2.05, 4.69) is 5.92 Å². The van der Waals surface area contributed by atoms with E-state index in [9.17, 15) is 0 Å². The van der Waals surface area contributed by atoms with Gasteiger partial charge in [-0.15, -0.1) is 6.42 Å². The van der Waals surface area contributed by atoms with Crippen LogP contribution in [0, 0.1) is 12.3 Å². The van der Waals surface area contributed by atoms with Crippen molar-refractivity contribution < 1.29 is 0 Å². The van der Waals surface area contributed by atoms with Crippen LogP contribution in [-0.2, 0) is 0 Å². The van der Waals surface area contributed by atoms with Crippen LogP contribution in [0.15, 0.2) is 23.8 Å². The maximum absolute atomic E-state index is 5.19. The SMILES string of the molecule is C#C/C(C)=C/C=C\CN. The molecule has 0 unspecified atom stereocenters. The van der Waals surface area contributed by atoms with Gasteiger partial charge in [-0.2, -0.15) is 0 Å². The summed E-state index contributed by atoms with van der Waals surface area (Å²) in [6.45, 7) is 2.44. The highest BCUT2D eigenvalue weighted by Crippen LogP contribution is 1.87. The van der Waals surface area contributed by atoms with Gasteiger partial charge in [0.1, 0.15) is 0 Å². The fourth-order valence-corrected chi connectivity index (χ4v) is 0.339. The first kappa shape index (κ1) is 8.00. The summed E-state index contributed by atoms with van der Waals surface area (Å²) in [5.74, 6) is 2.49. The molecule has 0 bridgehead atoms. The smallest absolute Gasteiger partial charge is 0.0109 e. The van der Waals surface area contributed by atoms with Gasteiger partial charge in [0, 0.05) is 6.54 Å². The normalized spacial score (nSPS) is 11.9. The van der Waals surface area contributed by atoms with Crippen LogP contribution in [0.4, 0.5) is 0 Å². The van der Waals surface area contributed by atoms with Crippen molar-refractivity contribution in [1.82, 2.24) is 0 Å². The van der Waals surface area contributed by atoms with E-state index in [-0.39, 0.29) is 0 Å². The zero-order chi connectivity index (χ0) is 7.11. The van der Waals surface area contributed by atoms with E-state index in [0.717, 1.165) is 5.57 Å². The van der Waals surface area contributed by atoms with Gasteiger partial charge in [0.2, 0.25) is 0 Å². The maximum atomic E-state index is 5.19. The molecule has 0 aliphatic carbocycles. The van der Waals surface area contributed by atoms with Crippen molar-refractivity contribution in [3.63, 3.8) is 0 Å². The Morgan fingerprint density at radius 2 is 2.44 bits per heavy atom. The first-order valence-electron chi connectivity index (χ1n) is 2.81. The largest absolute Gasteiger partial charge is 0.327 e. The Morgan fingerprint density at radius 3 is 2.89 bits per heavy atom. The molecule has 0 aromatic carbocycles. The minimum absolute atomic E-state index is 0.564. The Bertz CT molecular complexity index is 158. The lowest BCUT2D eigenvalue weighted by Gasteiger charge is -1.80. The highest BCUT2D eigenvalue weighted by molar-refractivity contribution is 5.26. The Kier molecular flexibility index (Phi) is 4.57. The third-order valence-corrected chi connectivity index (χ3v) is 0.846. The van der Waals surface area contributed by atoms with E-state index in [4.69, 9.17) is 12.2 Å². The van der Waals surface area contributed by atoms with Crippen molar-refractivity contribution in [2.45, 2.75) is 6.92 Å².